The molecule has 9 heteroatoms. The third kappa shape index (κ3) is 5.04. The Labute approximate surface area is 196 Å². The number of hydrogen-bond donors (Lipinski definition) is 1. The molecule has 1 amide bonds. The van der Waals surface area contributed by atoms with E-state index in [0.717, 1.165) is 19.4 Å². The molecular formula is C24H26FN3O4S. The van der Waals surface area contributed by atoms with Gasteiger partial charge in [0.25, 0.3) is 0 Å². The average molecular weight is 472 g/mol. The number of halogens is 1. The minimum absolute atomic E-state index is 0.0271. The molecule has 1 aromatic carbocycles. The molecule has 174 valence electrons. The van der Waals surface area contributed by atoms with Crippen LogP contribution in [0.15, 0.2) is 64.3 Å². The number of aliphatic imine (C=N–C) groups is 1. The molecule has 3 aliphatic rings. The van der Waals surface area contributed by atoms with Crippen LogP contribution in [0.25, 0.3) is 0 Å². The van der Waals surface area contributed by atoms with Crippen LogP contribution in [-0.4, -0.2) is 47.8 Å². The van der Waals surface area contributed by atoms with Crippen molar-refractivity contribution in [2.75, 3.05) is 19.8 Å². The smallest absolute Gasteiger partial charge is 0.338 e. The van der Waals surface area contributed by atoms with E-state index in [4.69, 9.17) is 9.47 Å². The molecule has 0 radical (unpaired) electrons. The first-order valence-corrected chi connectivity index (χ1v) is 11.7. The van der Waals surface area contributed by atoms with Gasteiger partial charge in [0.1, 0.15) is 12.4 Å². The summed E-state index contributed by atoms with van der Waals surface area (Å²) in [5, 5.41) is 5.32. The third-order valence-electron chi connectivity index (χ3n) is 5.65. The summed E-state index contributed by atoms with van der Waals surface area (Å²) in [6, 6.07) is 5.49. The zero-order valence-corrected chi connectivity index (χ0v) is 19.2. The molecule has 0 aliphatic carbocycles. The van der Waals surface area contributed by atoms with Crippen LogP contribution < -0.4 is 5.32 Å². The number of carbonyl (C=O) groups is 2. The number of fused-ring (bicyclic) bond motifs is 1. The van der Waals surface area contributed by atoms with E-state index in [-0.39, 0.29) is 30.6 Å². The van der Waals surface area contributed by atoms with Crippen molar-refractivity contribution in [3.63, 3.8) is 0 Å². The molecule has 2 atom stereocenters. The Hall–Kier alpha value is -2.91. The van der Waals surface area contributed by atoms with Gasteiger partial charge in [-0.05, 0) is 31.2 Å². The molecule has 2 unspecified atom stereocenters. The predicted octanol–water partition coefficient (Wildman–Crippen LogP) is 3.82. The van der Waals surface area contributed by atoms with E-state index >= 15 is 0 Å². The van der Waals surface area contributed by atoms with E-state index in [1.54, 1.807) is 30.0 Å². The largest absolute Gasteiger partial charge is 0.458 e. The Morgan fingerprint density at radius 3 is 2.97 bits per heavy atom. The summed E-state index contributed by atoms with van der Waals surface area (Å²) in [6.07, 6.45) is 3.50. The third-order valence-corrected chi connectivity index (χ3v) is 6.53. The van der Waals surface area contributed by atoms with Gasteiger partial charge in [0.15, 0.2) is 5.17 Å². The lowest BCUT2D eigenvalue weighted by molar-refractivity contribution is -0.138. The lowest BCUT2D eigenvalue weighted by Gasteiger charge is -2.36. The maximum absolute atomic E-state index is 15.0. The first-order chi connectivity index (χ1) is 16.0. The van der Waals surface area contributed by atoms with Gasteiger partial charge in [-0.1, -0.05) is 42.6 Å². The number of allylic oxidation sites excluding steroid dienone is 1. The fourth-order valence-corrected chi connectivity index (χ4v) is 5.06. The quantitative estimate of drug-likeness (QED) is 0.459. The van der Waals surface area contributed by atoms with Gasteiger partial charge < -0.3 is 19.7 Å². The van der Waals surface area contributed by atoms with Crippen LogP contribution >= 0.6 is 11.8 Å². The number of benzene rings is 1. The molecule has 33 heavy (non-hydrogen) atoms. The van der Waals surface area contributed by atoms with Gasteiger partial charge in [-0.3, -0.25) is 4.79 Å². The minimum atomic E-state index is -0.803. The number of nitrogens with zero attached hydrogens (tertiary/aromatic N) is 2. The number of thioether (sulfide) groups is 1. The van der Waals surface area contributed by atoms with Crippen LogP contribution in [0.5, 0.6) is 0 Å². The normalized spacial score (nSPS) is 21.9. The maximum Gasteiger partial charge on any atom is 0.338 e. The van der Waals surface area contributed by atoms with Crippen molar-refractivity contribution in [1.29, 1.82) is 0 Å². The molecule has 1 aromatic rings. The van der Waals surface area contributed by atoms with Crippen molar-refractivity contribution in [2.24, 2.45) is 4.99 Å². The van der Waals surface area contributed by atoms with Crippen LogP contribution in [0.1, 0.15) is 37.8 Å². The number of esters is 1. The number of rotatable bonds is 8. The van der Waals surface area contributed by atoms with Crippen molar-refractivity contribution >= 4 is 28.8 Å². The topological polar surface area (TPSA) is 80.2 Å². The Bertz CT molecular complexity index is 1050. The number of nitrogens with one attached hydrogen (secondary N) is 1. The highest BCUT2D eigenvalue weighted by atomic mass is 32.2. The number of amidine groups is 1. The van der Waals surface area contributed by atoms with Crippen molar-refractivity contribution in [1.82, 2.24) is 10.2 Å². The first-order valence-electron chi connectivity index (χ1n) is 10.8. The van der Waals surface area contributed by atoms with E-state index < -0.39 is 17.8 Å². The van der Waals surface area contributed by atoms with Gasteiger partial charge in [0.05, 0.1) is 29.8 Å². The highest BCUT2D eigenvalue weighted by Crippen LogP contribution is 2.45. The van der Waals surface area contributed by atoms with Crippen LogP contribution in [-0.2, 0) is 19.1 Å². The Balaban J connectivity index is 1.61. The molecule has 0 saturated carbocycles. The summed E-state index contributed by atoms with van der Waals surface area (Å²) in [7, 11) is 0. The van der Waals surface area contributed by atoms with Gasteiger partial charge in [-0.2, -0.15) is 0 Å². The summed E-state index contributed by atoms with van der Waals surface area (Å²) in [5.74, 6) is -1.22. The van der Waals surface area contributed by atoms with E-state index in [1.165, 1.54) is 23.9 Å². The summed E-state index contributed by atoms with van der Waals surface area (Å²) >= 11 is 1.34. The van der Waals surface area contributed by atoms with Crippen molar-refractivity contribution in [3.05, 3.63) is 70.7 Å². The number of carbonyl (C=O) groups excluding carboxylic acids is 2. The van der Waals surface area contributed by atoms with Crippen molar-refractivity contribution < 1.29 is 23.5 Å². The van der Waals surface area contributed by atoms with Gasteiger partial charge in [-0.25, -0.2) is 14.2 Å². The zero-order chi connectivity index (χ0) is 23.4. The van der Waals surface area contributed by atoms with E-state index in [1.807, 2.05) is 5.41 Å². The fraction of sp³-hybridized carbons (Fsp3) is 0.375. The second-order valence-corrected chi connectivity index (χ2v) is 8.75. The van der Waals surface area contributed by atoms with Gasteiger partial charge in [0, 0.05) is 24.4 Å². The highest BCUT2D eigenvalue weighted by molar-refractivity contribution is 8.16. The maximum atomic E-state index is 15.0. The van der Waals surface area contributed by atoms with Crippen LogP contribution in [0.4, 0.5) is 4.39 Å². The molecule has 1 saturated heterocycles. The summed E-state index contributed by atoms with van der Waals surface area (Å²) in [6.45, 7) is 6.48. The summed E-state index contributed by atoms with van der Waals surface area (Å²) in [5.41, 5.74) is 1.63. The van der Waals surface area contributed by atoms with Crippen LogP contribution in [0.3, 0.4) is 0 Å². The van der Waals surface area contributed by atoms with Crippen molar-refractivity contribution in [3.8, 4) is 0 Å². The minimum Gasteiger partial charge on any atom is -0.458 e. The monoisotopic (exact) mass is 471 g/mol. The molecule has 1 N–H and O–H groups in total. The Morgan fingerprint density at radius 1 is 1.42 bits per heavy atom. The predicted molar refractivity (Wildman–Crippen MR) is 125 cm³/mol. The Morgan fingerprint density at radius 2 is 2.24 bits per heavy atom. The lowest BCUT2D eigenvalue weighted by Crippen LogP contribution is -2.39. The summed E-state index contributed by atoms with van der Waals surface area (Å²) in [4.78, 5) is 32.0. The molecule has 0 bridgehead atoms. The Kier molecular flexibility index (Phi) is 7.29. The van der Waals surface area contributed by atoms with E-state index in [2.05, 4.69) is 16.9 Å². The molecule has 0 aromatic heterocycles. The molecule has 3 heterocycles. The summed E-state index contributed by atoms with van der Waals surface area (Å²) < 4.78 is 25.8. The van der Waals surface area contributed by atoms with Gasteiger partial charge in [-0.15, -0.1) is 0 Å². The standard InChI is InChI=1S/C24H26FN3O4S/c1-3-10-32-23(30)21-15(2)27-24-28(22(21)18-8-4-5-9-19(18)25)16(14-33-24)12-20(29)26-13-17-7-6-11-31-17/h3-5,8-9,14,17,22H,1,6-7,10-13H2,2H3,(H,26,29). The SMILES string of the molecule is C=CCOC(=O)C1=C(C)N=C2SC=C(CC(=O)NCC3CCCO3)N2C1c1ccccc1F. The van der Waals surface area contributed by atoms with Crippen molar-refractivity contribution in [2.45, 2.75) is 38.3 Å². The molecule has 7 nitrogen and oxygen atoms in total. The molecule has 0 spiro atoms. The van der Waals surface area contributed by atoms with Gasteiger partial charge in [0.2, 0.25) is 5.91 Å². The van der Waals surface area contributed by atoms with E-state index in [0.29, 0.717) is 28.7 Å². The molecule has 4 rings (SSSR count). The number of hydrogen-bond acceptors (Lipinski definition) is 7. The van der Waals surface area contributed by atoms with E-state index in [9.17, 15) is 14.0 Å². The second-order valence-electron chi connectivity index (χ2n) is 7.92. The number of ether oxygens (including phenoxy) is 2. The molecule has 3 aliphatic heterocycles. The molecular weight excluding hydrogens is 445 g/mol. The van der Waals surface area contributed by atoms with Crippen LogP contribution in [0.2, 0.25) is 0 Å². The lowest BCUT2D eigenvalue weighted by atomic mass is 9.93. The fourth-order valence-electron chi connectivity index (χ4n) is 4.09. The first kappa shape index (κ1) is 23.3. The van der Waals surface area contributed by atoms with Gasteiger partial charge >= 0.3 is 5.97 Å². The van der Waals surface area contributed by atoms with Crippen LogP contribution in [0, 0.1) is 5.82 Å². The second kappa shape index (κ2) is 10.4. The highest BCUT2D eigenvalue weighted by Gasteiger charge is 2.42. The molecule has 1 fully saturated rings. The number of amides is 1. The zero-order valence-electron chi connectivity index (χ0n) is 18.4. The average Bonchev–Trinajstić information content (AvgIpc) is 3.46.